The number of carbonyl (C=O) groups excluding carboxylic acids is 1. The van der Waals surface area contributed by atoms with E-state index in [2.05, 4.69) is 14.9 Å². The first kappa shape index (κ1) is 23.7. The highest BCUT2D eigenvalue weighted by atomic mass is 32.2. The second kappa shape index (κ2) is 10.7. The van der Waals surface area contributed by atoms with Gasteiger partial charge in [0.25, 0.3) is 5.91 Å². The Balaban J connectivity index is 1.29. The van der Waals surface area contributed by atoms with Gasteiger partial charge in [0.15, 0.2) is 5.16 Å². The number of pyridine rings is 1. The maximum atomic E-state index is 13.2. The van der Waals surface area contributed by atoms with Crippen LogP contribution in [-0.4, -0.2) is 20.4 Å². The summed E-state index contributed by atoms with van der Waals surface area (Å²) in [6.07, 6.45) is 3.51. The van der Waals surface area contributed by atoms with Crippen LogP contribution in [0.2, 0.25) is 0 Å². The summed E-state index contributed by atoms with van der Waals surface area (Å²) in [5.74, 6) is -0.100. The van der Waals surface area contributed by atoms with Gasteiger partial charge < -0.3 is 9.88 Å². The van der Waals surface area contributed by atoms with Crippen LogP contribution in [0.15, 0.2) is 96.4 Å². The monoisotopic (exact) mass is 500 g/mol. The van der Waals surface area contributed by atoms with Crippen molar-refractivity contribution in [3.63, 3.8) is 0 Å². The summed E-state index contributed by atoms with van der Waals surface area (Å²) < 4.78 is 28.4. The summed E-state index contributed by atoms with van der Waals surface area (Å²) in [6.45, 7) is 0.884. The zero-order chi connectivity index (χ0) is 24.9. The Hall–Kier alpha value is -4.04. The average Bonchev–Trinajstić information content (AvgIpc) is 3.25. The number of halogens is 2. The fourth-order valence-electron chi connectivity index (χ4n) is 3.77. The fraction of sp³-hybridized carbons (Fsp3) is 0.107. The summed E-state index contributed by atoms with van der Waals surface area (Å²) >= 11 is 1.58. The molecule has 0 fully saturated rings. The molecule has 5 aromatic rings. The molecule has 8 heteroatoms. The first-order valence-corrected chi connectivity index (χ1v) is 12.3. The quantitative estimate of drug-likeness (QED) is 0.266. The number of carbonyl (C=O) groups is 1. The van der Waals surface area contributed by atoms with E-state index >= 15 is 0 Å². The van der Waals surface area contributed by atoms with Crippen LogP contribution in [0.1, 0.15) is 27.0 Å². The van der Waals surface area contributed by atoms with E-state index in [0.29, 0.717) is 24.4 Å². The third-order valence-electron chi connectivity index (χ3n) is 5.72. The molecule has 0 aliphatic heterocycles. The molecule has 5 rings (SSSR count). The maximum absolute atomic E-state index is 13.2. The molecular formula is C28H22F2N4OS. The highest BCUT2D eigenvalue weighted by Gasteiger charge is 2.13. The zero-order valence-electron chi connectivity index (χ0n) is 19.2. The van der Waals surface area contributed by atoms with Crippen LogP contribution in [0.5, 0.6) is 0 Å². The molecule has 0 saturated heterocycles. The van der Waals surface area contributed by atoms with Crippen LogP contribution in [0, 0.1) is 11.6 Å². The number of rotatable bonds is 8. The lowest BCUT2D eigenvalue weighted by Crippen LogP contribution is -2.22. The van der Waals surface area contributed by atoms with Crippen molar-refractivity contribution in [2.24, 2.45) is 0 Å². The molecule has 5 nitrogen and oxygen atoms in total. The Labute approximate surface area is 211 Å². The number of benzene rings is 3. The van der Waals surface area contributed by atoms with Crippen molar-refractivity contribution in [1.29, 1.82) is 0 Å². The van der Waals surface area contributed by atoms with Crippen molar-refractivity contribution in [2.45, 2.75) is 24.0 Å². The van der Waals surface area contributed by atoms with Crippen LogP contribution >= 0.6 is 11.8 Å². The summed E-state index contributed by atoms with van der Waals surface area (Å²) in [6, 6.07) is 21.8. The Kier molecular flexibility index (Phi) is 7.04. The molecule has 0 saturated carbocycles. The number of amides is 1. The van der Waals surface area contributed by atoms with Crippen molar-refractivity contribution < 1.29 is 13.6 Å². The molecule has 1 N–H and O–H groups in total. The van der Waals surface area contributed by atoms with E-state index in [0.717, 1.165) is 32.9 Å². The van der Waals surface area contributed by atoms with Crippen LogP contribution in [0.4, 0.5) is 8.78 Å². The smallest absolute Gasteiger partial charge is 0.251 e. The largest absolute Gasteiger partial charge is 0.348 e. The van der Waals surface area contributed by atoms with Crippen LogP contribution in [-0.2, 0) is 18.8 Å². The second-order valence-corrected chi connectivity index (χ2v) is 9.21. The van der Waals surface area contributed by atoms with Crippen LogP contribution in [0.25, 0.3) is 11.0 Å². The van der Waals surface area contributed by atoms with Gasteiger partial charge in [-0.2, -0.15) is 0 Å². The number of nitrogens with one attached hydrogen (secondary N) is 1. The molecule has 0 radical (unpaired) electrons. The molecule has 1 amide bonds. The molecular weight excluding hydrogens is 478 g/mol. The third kappa shape index (κ3) is 5.60. The zero-order valence-corrected chi connectivity index (χ0v) is 20.0. The summed E-state index contributed by atoms with van der Waals surface area (Å²) in [5.41, 5.74) is 5.16. The molecule has 180 valence electrons. The minimum absolute atomic E-state index is 0.196. The second-order valence-electron chi connectivity index (χ2n) is 8.27. The van der Waals surface area contributed by atoms with Gasteiger partial charge in [0.1, 0.15) is 11.6 Å². The lowest BCUT2D eigenvalue weighted by atomic mass is 10.1. The van der Waals surface area contributed by atoms with Crippen LogP contribution < -0.4 is 5.32 Å². The Morgan fingerprint density at radius 1 is 0.833 bits per heavy atom. The minimum Gasteiger partial charge on any atom is -0.348 e. The van der Waals surface area contributed by atoms with Gasteiger partial charge in [0.2, 0.25) is 0 Å². The maximum Gasteiger partial charge on any atom is 0.251 e. The van der Waals surface area contributed by atoms with Gasteiger partial charge >= 0.3 is 0 Å². The standard InChI is InChI=1S/C28H22F2N4OS/c29-23-9-3-19(4-10-23)15-32-27(35)22-7-1-20(2-8-22)17-34-26-16-31-14-13-25(26)33-28(34)36-18-21-5-11-24(30)12-6-21/h1-14,16H,15,17-18H2,(H,32,35). The van der Waals surface area contributed by atoms with Crippen molar-refractivity contribution in [2.75, 3.05) is 0 Å². The van der Waals surface area contributed by atoms with E-state index in [9.17, 15) is 13.6 Å². The predicted octanol–water partition coefficient (Wildman–Crippen LogP) is 5.98. The van der Waals surface area contributed by atoms with Gasteiger partial charge in [-0.05, 0) is 59.2 Å². The molecule has 3 aromatic carbocycles. The van der Waals surface area contributed by atoms with E-state index < -0.39 is 0 Å². The summed E-state index contributed by atoms with van der Waals surface area (Å²) in [4.78, 5) is 21.6. The topological polar surface area (TPSA) is 59.8 Å². The van der Waals surface area contributed by atoms with E-state index in [1.807, 2.05) is 18.2 Å². The lowest BCUT2D eigenvalue weighted by Gasteiger charge is -2.10. The normalized spacial score (nSPS) is 11.1. The van der Waals surface area contributed by atoms with Crippen molar-refractivity contribution >= 4 is 28.7 Å². The van der Waals surface area contributed by atoms with Crippen molar-refractivity contribution in [3.05, 3.63) is 125 Å². The first-order chi connectivity index (χ1) is 17.5. The molecule has 0 spiro atoms. The van der Waals surface area contributed by atoms with Gasteiger partial charge in [-0.3, -0.25) is 9.78 Å². The SMILES string of the molecule is O=C(NCc1ccc(F)cc1)c1ccc(Cn2c(SCc3ccc(F)cc3)nc3ccncc32)cc1. The number of aromatic nitrogens is 3. The van der Waals surface area contributed by atoms with E-state index in [1.165, 1.54) is 24.3 Å². The van der Waals surface area contributed by atoms with E-state index in [4.69, 9.17) is 4.98 Å². The van der Waals surface area contributed by atoms with Gasteiger partial charge in [0.05, 0.1) is 23.8 Å². The molecule has 0 aliphatic carbocycles. The Bertz CT molecular complexity index is 1480. The highest BCUT2D eigenvalue weighted by Crippen LogP contribution is 2.27. The minimum atomic E-state index is -0.306. The number of imidazole rings is 1. The highest BCUT2D eigenvalue weighted by molar-refractivity contribution is 7.98. The molecule has 0 aliphatic rings. The number of hydrogen-bond acceptors (Lipinski definition) is 4. The van der Waals surface area contributed by atoms with Crippen LogP contribution in [0.3, 0.4) is 0 Å². The van der Waals surface area contributed by atoms with Gasteiger partial charge in [-0.15, -0.1) is 0 Å². The summed E-state index contributed by atoms with van der Waals surface area (Å²) in [7, 11) is 0. The molecule has 0 bridgehead atoms. The number of hydrogen-bond donors (Lipinski definition) is 1. The summed E-state index contributed by atoms with van der Waals surface area (Å²) in [5, 5.41) is 3.69. The number of thioether (sulfide) groups is 1. The van der Waals surface area contributed by atoms with Gasteiger partial charge in [0, 0.05) is 24.1 Å². The van der Waals surface area contributed by atoms with Crippen molar-refractivity contribution in [3.8, 4) is 0 Å². The van der Waals surface area contributed by atoms with E-state index in [1.54, 1.807) is 60.6 Å². The average molecular weight is 501 g/mol. The molecule has 0 atom stereocenters. The Morgan fingerprint density at radius 2 is 1.47 bits per heavy atom. The molecule has 36 heavy (non-hydrogen) atoms. The number of nitrogens with zero attached hydrogens (tertiary/aromatic N) is 3. The molecule has 0 unspecified atom stereocenters. The van der Waals surface area contributed by atoms with Crippen molar-refractivity contribution in [1.82, 2.24) is 19.9 Å². The Morgan fingerprint density at radius 3 is 2.17 bits per heavy atom. The number of fused-ring (bicyclic) bond motifs is 1. The molecule has 2 aromatic heterocycles. The first-order valence-electron chi connectivity index (χ1n) is 11.3. The van der Waals surface area contributed by atoms with Gasteiger partial charge in [-0.25, -0.2) is 13.8 Å². The fourth-order valence-corrected chi connectivity index (χ4v) is 4.74. The van der Waals surface area contributed by atoms with E-state index in [-0.39, 0.29) is 17.5 Å². The predicted molar refractivity (Wildman–Crippen MR) is 137 cm³/mol. The van der Waals surface area contributed by atoms with Gasteiger partial charge in [-0.1, -0.05) is 48.2 Å². The third-order valence-corrected chi connectivity index (χ3v) is 6.77. The molecule has 2 heterocycles. The lowest BCUT2D eigenvalue weighted by molar-refractivity contribution is 0.0951.